The molecular weight excluding hydrogens is 210 g/mol. The number of piperazine rings is 1. The minimum Gasteiger partial charge on any atom is -0.301 e. The smallest absolute Gasteiger partial charge is 0.249 e. The number of nitrogens with zero attached hydrogens (tertiary/aromatic N) is 2. The van der Waals surface area contributed by atoms with Crippen LogP contribution in [0.2, 0.25) is 0 Å². The van der Waals surface area contributed by atoms with Crippen LogP contribution < -0.4 is 0 Å². The lowest BCUT2D eigenvalue weighted by Crippen LogP contribution is -2.52. The number of alkyl halides is 2. The summed E-state index contributed by atoms with van der Waals surface area (Å²) in [6.07, 6.45) is 1.82. The number of hydrogen-bond acceptors (Lipinski definition) is 2. The lowest BCUT2D eigenvalue weighted by atomic mass is 9.90. The summed E-state index contributed by atoms with van der Waals surface area (Å²) in [5.41, 5.74) is 0. The fourth-order valence-corrected chi connectivity index (χ4v) is 2.90. The first-order valence-electron chi connectivity index (χ1n) is 6.45. The molecule has 1 aliphatic heterocycles. The van der Waals surface area contributed by atoms with Crippen LogP contribution in [0, 0.1) is 0 Å². The van der Waals surface area contributed by atoms with Gasteiger partial charge in [-0.15, -0.1) is 0 Å². The number of likely N-dealkylation sites (N-methyl/N-ethyl adjacent to an activating group) is 1. The molecule has 1 heterocycles. The highest BCUT2D eigenvalue weighted by Crippen LogP contribution is 2.35. The first-order chi connectivity index (χ1) is 7.61. The van der Waals surface area contributed by atoms with Crippen molar-refractivity contribution in [2.24, 2.45) is 0 Å². The molecule has 1 aliphatic carbocycles. The Hall–Kier alpha value is -0.220. The van der Waals surface area contributed by atoms with Crippen molar-refractivity contribution in [1.29, 1.82) is 0 Å². The van der Waals surface area contributed by atoms with Crippen molar-refractivity contribution in [3.05, 3.63) is 0 Å². The molecule has 0 N–H and O–H groups in total. The zero-order valence-electron chi connectivity index (χ0n) is 10.1. The Bertz CT molecular complexity index is 225. The molecule has 0 aromatic rings. The molecule has 0 aromatic heterocycles. The van der Waals surface area contributed by atoms with E-state index >= 15 is 0 Å². The largest absolute Gasteiger partial charge is 0.301 e. The molecule has 0 bridgehead atoms. The zero-order valence-corrected chi connectivity index (χ0v) is 10.1. The van der Waals surface area contributed by atoms with Gasteiger partial charge in [-0.05, 0) is 19.4 Å². The third kappa shape index (κ3) is 2.92. The van der Waals surface area contributed by atoms with Gasteiger partial charge in [0.1, 0.15) is 0 Å². The lowest BCUT2D eigenvalue weighted by molar-refractivity contribution is -0.0687. The molecule has 0 amide bonds. The molecule has 1 saturated carbocycles. The predicted molar refractivity (Wildman–Crippen MR) is 60.9 cm³/mol. The van der Waals surface area contributed by atoms with Gasteiger partial charge >= 0.3 is 0 Å². The van der Waals surface area contributed by atoms with Gasteiger partial charge in [-0.2, -0.15) is 0 Å². The normalized spacial score (nSPS) is 32.8. The summed E-state index contributed by atoms with van der Waals surface area (Å²) < 4.78 is 26.6. The van der Waals surface area contributed by atoms with Crippen LogP contribution in [0.3, 0.4) is 0 Å². The van der Waals surface area contributed by atoms with Crippen LogP contribution in [0.25, 0.3) is 0 Å². The summed E-state index contributed by atoms with van der Waals surface area (Å²) in [5, 5.41) is 0. The van der Waals surface area contributed by atoms with E-state index in [9.17, 15) is 8.78 Å². The first-order valence-corrected chi connectivity index (χ1v) is 6.45. The van der Waals surface area contributed by atoms with E-state index in [1.165, 1.54) is 0 Å². The maximum Gasteiger partial charge on any atom is 0.249 e. The minimum atomic E-state index is -2.41. The number of hydrogen-bond donors (Lipinski definition) is 0. The first kappa shape index (κ1) is 12.2. The third-order valence-corrected chi connectivity index (χ3v) is 3.98. The van der Waals surface area contributed by atoms with Gasteiger partial charge in [0.05, 0.1) is 0 Å². The van der Waals surface area contributed by atoms with Crippen molar-refractivity contribution in [3.8, 4) is 0 Å². The van der Waals surface area contributed by atoms with E-state index in [-0.39, 0.29) is 18.9 Å². The fourth-order valence-electron chi connectivity index (χ4n) is 2.90. The summed E-state index contributed by atoms with van der Waals surface area (Å²) in [5.74, 6) is -2.41. The highest BCUT2D eigenvalue weighted by Gasteiger charge is 2.38. The lowest BCUT2D eigenvalue weighted by Gasteiger charge is -2.42. The Morgan fingerprint density at radius 2 is 1.88 bits per heavy atom. The zero-order chi connectivity index (χ0) is 11.6. The van der Waals surface area contributed by atoms with E-state index < -0.39 is 5.92 Å². The Balaban J connectivity index is 1.84. The second kappa shape index (κ2) is 4.96. The summed E-state index contributed by atoms with van der Waals surface area (Å²) in [6.45, 7) is 7.25. The molecule has 94 valence electrons. The predicted octanol–water partition coefficient (Wildman–Crippen LogP) is 2.20. The van der Waals surface area contributed by atoms with Gasteiger partial charge in [0.2, 0.25) is 5.92 Å². The summed E-state index contributed by atoms with van der Waals surface area (Å²) >= 11 is 0. The van der Waals surface area contributed by atoms with Crippen molar-refractivity contribution in [1.82, 2.24) is 9.80 Å². The Labute approximate surface area is 96.6 Å². The van der Waals surface area contributed by atoms with Crippen LogP contribution in [-0.4, -0.2) is 54.5 Å². The van der Waals surface area contributed by atoms with E-state index in [1.54, 1.807) is 0 Å². The Kier molecular flexibility index (Phi) is 3.80. The van der Waals surface area contributed by atoms with Gasteiger partial charge in [-0.1, -0.05) is 6.92 Å². The van der Waals surface area contributed by atoms with E-state index in [0.29, 0.717) is 6.42 Å². The highest BCUT2D eigenvalue weighted by molar-refractivity contribution is 4.86. The van der Waals surface area contributed by atoms with E-state index in [1.807, 2.05) is 0 Å². The fraction of sp³-hybridized carbons (Fsp3) is 1.00. The molecule has 16 heavy (non-hydrogen) atoms. The van der Waals surface area contributed by atoms with Crippen molar-refractivity contribution >= 4 is 0 Å². The standard InChI is InChI=1S/C12H22F2N2/c1-2-15-6-8-16(9-7-15)11-4-3-5-12(13,14)10-11/h11H,2-10H2,1H3. The molecule has 2 rings (SSSR count). The van der Waals surface area contributed by atoms with Crippen molar-refractivity contribution in [2.45, 2.75) is 44.6 Å². The van der Waals surface area contributed by atoms with Crippen LogP contribution in [0.4, 0.5) is 8.78 Å². The SMILES string of the molecule is CCN1CCN(C2CCCC(F)(F)C2)CC1. The highest BCUT2D eigenvalue weighted by atomic mass is 19.3. The van der Waals surface area contributed by atoms with Crippen molar-refractivity contribution < 1.29 is 8.78 Å². The average molecular weight is 232 g/mol. The maximum atomic E-state index is 13.3. The van der Waals surface area contributed by atoms with Crippen LogP contribution in [0.1, 0.15) is 32.6 Å². The third-order valence-electron chi connectivity index (χ3n) is 3.98. The monoisotopic (exact) mass is 232 g/mol. The topological polar surface area (TPSA) is 6.48 Å². The van der Waals surface area contributed by atoms with E-state index in [2.05, 4.69) is 16.7 Å². The van der Waals surface area contributed by atoms with Gasteiger partial charge in [-0.3, -0.25) is 4.90 Å². The number of halogens is 2. The molecule has 1 atom stereocenters. The van der Waals surface area contributed by atoms with Crippen molar-refractivity contribution in [3.63, 3.8) is 0 Å². The van der Waals surface area contributed by atoms with Crippen LogP contribution in [0.15, 0.2) is 0 Å². The minimum absolute atomic E-state index is 0.0825. The Morgan fingerprint density at radius 1 is 1.19 bits per heavy atom. The summed E-state index contributed by atoms with van der Waals surface area (Å²) in [7, 11) is 0. The van der Waals surface area contributed by atoms with Crippen LogP contribution in [0.5, 0.6) is 0 Å². The van der Waals surface area contributed by atoms with E-state index in [0.717, 1.165) is 39.1 Å². The summed E-state index contributed by atoms with van der Waals surface area (Å²) in [6, 6.07) is 0.128. The molecule has 1 unspecified atom stereocenters. The van der Waals surface area contributed by atoms with Crippen LogP contribution >= 0.6 is 0 Å². The van der Waals surface area contributed by atoms with E-state index in [4.69, 9.17) is 0 Å². The maximum absolute atomic E-state index is 13.3. The van der Waals surface area contributed by atoms with Crippen LogP contribution in [-0.2, 0) is 0 Å². The molecule has 2 nitrogen and oxygen atoms in total. The average Bonchev–Trinajstić information content (AvgIpc) is 2.28. The molecule has 0 spiro atoms. The molecule has 0 aromatic carbocycles. The summed E-state index contributed by atoms with van der Waals surface area (Å²) in [4.78, 5) is 4.66. The molecule has 1 saturated heterocycles. The van der Waals surface area contributed by atoms with Crippen molar-refractivity contribution in [2.75, 3.05) is 32.7 Å². The Morgan fingerprint density at radius 3 is 2.44 bits per heavy atom. The molecular formula is C12H22F2N2. The molecule has 2 fully saturated rings. The second-order valence-corrected chi connectivity index (χ2v) is 5.08. The molecule has 4 heteroatoms. The van der Waals surface area contributed by atoms with Gasteiger partial charge in [0.25, 0.3) is 0 Å². The van der Waals surface area contributed by atoms with Gasteiger partial charge in [0.15, 0.2) is 0 Å². The molecule has 2 aliphatic rings. The second-order valence-electron chi connectivity index (χ2n) is 5.08. The van der Waals surface area contributed by atoms with Gasteiger partial charge < -0.3 is 4.90 Å². The van der Waals surface area contributed by atoms with Gasteiger partial charge in [-0.25, -0.2) is 8.78 Å². The molecule has 0 radical (unpaired) electrons. The quantitative estimate of drug-likeness (QED) is 0.720. The number of rotatable bonds is 2. The van der Waals surface area contributed by atoms with Gasteiger partial charge in [0, 0.05) is 45.1 Å².